The third-order valence-electron chi connectivity index (χ3n) is 4.43. The van der Waals surface area contributed by atoms with Crippen molar-refractivity contribution in [3.8, 4) is 11.8 Å². The van der Waals surface area contributed by atoms with Crippen LogP contribution in [0.4, 0.5) is 0 Å². The molecule has 1 unspecified atom stereocenters. The lowest BCUT2D eigenvalue weighted by Crippen LogP contribution is -2.24. The number of fused-ring (bicyclic) bond motifs is 2. The molecule has 1 N–H and O–H groups in total. The largest absolute Gasteiger partial charge is 0.393 e. The highest BCUT2D eigenvalue weighted by atomic mass is 16.3. The van der Waals surface area contributed by atoms with Gasteiger partial charge in [0.25, 0.3) is 5.56 Å². The molecule has 1 aromatic carbocycles. The zero-order chi connectivity index (χ0) is 17.2. The number of benzene rings is 1. The molecule has 2 aromatic heterocycles. The Hall–Kier alpha value is -2.97. The van der Waals surface area contributed by atoms with Gasteiger partial charge in [0, 0.05) is 36.5 Å². The molecule has 0 aliphatic carbocycles. The molecular weight excluding hydrogens is 314 g/mol. The summed E-state index contributed by atoms with van der Waals surface area (Å²) in [6.45, 7) is 0.515. The number of pyridine rings is 1. The molecule has 0 spiro atoms. The van der Waals surface area contributed by atoms with Crippen LogP contribution in [0, 0.1) is 11.8 Å². The number of aryl methyl sites for hydroxylation is 1. The average Bonchev–Trinajstić information content (AvgIpc) is 2.83. The average molecular weight is 331 g/mol. The van der Waals surface area contributed by atoms with Gasteiger partial charge in [-0.1, -0.05) is 11.8 Å². The van der Waals surface area contributed by atoms with E-state index >= 15 is 0 Å². The molecule has 3 heterocycles. The van der Waals surface area contributed by atoms with Crippen LogP contribution >= 0.6 is 0 Å². The zero-order valence-corrected chi connectivity index (χ0v) is 13.6. The Morgan fingerprint density at radius 3 is 2.88 bits per heavy atom. The van der Waals surface area contributed by atoms with E-state index in [1.54, 1.807) is 23.0 Å². The van der Waals surface area contributed by atoms with Crippen LogP contribution < -0.4 is 5.56 Å². The van der Waals surface area contributed by atoms with Crippen LogP contribution in [0.5, 0.6) is 0 Å². The van der Waals surface area contributed by atoms with Crippen LogP contribution in [0.2, 0.25) is 0 Å². The summed E-state index contributed by atoms with van der Waals surface area (Å²) in [6, 6.07) is 9.22. The molecule has 1 aliphatic heterocycles. The molecule has 0 saturated carbocycles. The van der Waals surface area contributed by atoms with Crippen LogP contribution in [-0.4, -0.2) is 25.7 Å². The molecular formula is C20H17N3O2. The number of hydrogen-bond acceptors (Lipinski definition) is 4. The molecule has 25 heavy (non-hydrogen) atoms. The van der Waals surface area contributed by atoms with E-state index < -0.39 is 0 Å². The van der Waals surface area contributed by atoms with Crippen molar-refractivity contribution in [2.24, 2.45) is 0 Å². The van der Waals surface area contributed by atoms with Crippen LogP contribution in [0.3, 0.4) is 0 Å². The second kappa shape index (κ2) is 6.50. The van der Waals surface area contributed by atoms with Gasteiger partial charge in [-0.25, -0.2) is 4.98 Å². The molecule has 0 amide bonds. The fraction of sp³-hybridized carbons (Fsp3) is 0.250. The predicted octanol–water partition coefficient (Wildman–Crippen LogP) is 1.89. The first-order chi connectivity index (χ1) is 12.2. The predicted molar refractivity (Wildman–Crippen MR) is 95.2 cm³/mol. The SMILES string of the molecule is O=c1c2ccc(C#Cc3cccnc3)cc2nc2n1CCC(O)CC2. The molecule has 1 aliphatic rings. The molecule has 0 bridgehead atoms. The Labute approximate surface area is 145 Å². The van der Waals surface area contributed by atoms with Crippen molar-refractivity contribution >= 4 is 10.9 Å². The van der Waals surface area contributed by atoms with Gasteiger partial charge in [0.2, 0.25) is 0 Å². The van der Waals surface area contributed by atoms with E-state index in [9.17, 15) is 9.90 Å². The third kappa shape index (κ3) is 3.17. The number of hydrogen-bond donors (Lipinski definition) is 1. The Kier molecular flexibility index (Phi) is 4.04. The summed E-state index contributed by atoms with van der Waals surface area (Å²) in [5, 5.41) is 10.4. The van der Waals surface area contributed by atoms with E-state index in [2.05, 4.69) is 21.8 Å². The van der Waals surface area contributed by atoms with Gasteiger partial charge < -0.3 is 5.11 Å². The van der Waals surface area contributed by atoms with Crippen molar-refractivity contribution in [3.05, 3.63) is 70.0 Å². The van der Waals surface area contributed by atoms with E-state index in [-0.39, 0.29) is 11.7 Å². The molecule has 0 radical (unpaired) electrons. The summed E-state index contributed by atoms with van der Waals surface area (Å²) in [6.07, 6.45) is 4.89. The van der Waals surface area contributed by atoms with Crippen LogP contribution in [0.1, 0.15) is 29.8 Å². The Morgan fingerprint density at radius 1 is 1.16 bits per heavy atom. The Balaban J connectivity index is 1.77. The first kappa shape index (κ1) is 15.6. The molecule has 1 atom stereocenters. The minimum absolute atomic E-state index is 0.0409. The molecule has 124 valence electrons. The maximum Gasteiger partial charge on any atom is 0.261 e. The Morgan fingerprint density at radius 2 is 2.04 bits per heavy atom. The van der Waals surface area contributed by atoms with Crippen molar-refractivity contribution in [2.45, 2.75) is 31.9 Å². The van der Waals surface area contributed by atoms with Crippen molar-refractivity contribution in [3.63, 3.8) is 0 Å². The normalized spacial score (nSPS) is 16.6. The van der Waals surface area contributed by atoms with E-state index in [0.717, 1.165) is 17.0 Å². The number of aromatic nitrogens is 3. The molecule has 4 rings (SSSR count). The molecule has 5 nitrogen and oxygen atoms in total. The summed E-state index contributed by atoms with van der Waals surface area (Å²) >= 11 is 0. The smallest absolute Gasteiger partial charge is 0.261 e. The molecule has 5 heteroatoms. The highest BCUT2D eigenvalue weighted by Gasteiger charge is 2.17. The summed E-state index contributed by atoms with van der Waals surface area (Å²) in [7, 11) is 0. The fourth-order valence-corrected chi connectivity index (χ4v) is 3.07. The van der Waals surface area contributed by atoms with Crippen molar-refractivity contribution in [2.75, 3.05) is 0 Å². The Bertz CT molecular complexity index is 1050. The second-order valence-electron chi connectivity index (χ2n) is 6.19. The lowest BCUT2D eigenvalue weighted by molar-refractivity contribution is 0.155. The number of nitrogens with zero attached hydrogens (tertiary/aromatic N) is 3. The summed E-state index contributed by atoms with van der Waals surface area (Å²) in [5.74, 6) is 6.90. The van der Waals surface area contributed by atoms with Crippen molar-refractivity contribution in [1.82, 2.24) is 14.5 Å². The topological polar surface area (TPSA) is 68.0 Å². The van der Waals surface area contributed by atoms with E-state index in [4.69, 9.17) is 0 Å². The standard InChI is InChI=1S/C20H17N3O2/c24-16-6-8-19-22-18-12-14(3-4-15-2-1-10-21-13-15)5-7-17(18)20(25)23(19)11-9-16/h1-2,5,7,10,12-13,16,24H,6,8-9,11H2. The van der Waals surface area contributed by atoms with Crippen LogP contribution in [0.25, 0.3) is 10.9 Å². The monoisotopic (exact) mass is 331 g/mol. The first-order valence-electron chi connectivity index (χ1n) is 8.34. The van der Waals surface area contributed by atoms with E-state index in [0.29, 0.717) is 36.7 Å². The van der Waals surface area contributed by atoms with Gasteiger partial charge in [0.1, 0.15) is 5.82 Å². The minimum Gasteiger partial charge on any atom is -0.393 e. The van der Waals surface area contributed by atoms with Gasteiger partial charge in [-0.2, -0.15) is 0 Å². The van der Waals surface area contributed by atoms with Gasteiger partial charge in [-0.15, -0.1) is 0 Å². The number of aliphatic hydroxyl groups is 1. The molecule has 0 saturated heterocycles. The maximum atomic E-state index is 12.7. The van der Waals surface area contributed by atoms with Crippen molar-refractivity contribution < 1.29 is 5.11 Å². The zero-order valence-electron chi connectivity index (χ0n) is 13.6. The third-order valence-corrected chi connectivity index (χ3v) is 4.43. The first-order valence-corrected chi connectivity index (χ1v) is 8.34. The van der Waals surface area contributed by atoms with Crippen molar-refractivity contribution in [1.29, 1.82) is 0 Å². The van der Waals surface area contributed by atoms with Crippen LogP contribution in [-0.2, 0) is 13.0 Å². The van der Waals surface area contributed by atoms with Gasteiger partial charge in [0.15, 0.2) is 0 Å². The maximum absolute atomic E-state index is 12.7. The summed E-state index contributed by atoms with van der Waals surface area (Å²) in [5.41, 5.74) is 2.26. The molecule has 0 fully saturated rings. The fourth-order valence-electron chi connectivity index (χ4n) is 3.07. The summed E-state index contributed by atoms with van der Waals surface area (Å²) in [4.78, 5) is 21.4. The number of aliphatic hydroxyl groups excluding tert-OH is 1. The highest BCUT2D eigenvalue weighted by molar-refractivity contribution is 5.79. The van der Waals surface area contributed by atoms with Gasteiger partial charge >= 0.3 is 0 Å². The highest BCUT2D eigenvalue weighted by Crippen LogP contribution is 2.16. The second-order valence-corrected chi connectivity index (χ2v) is 6.19. The van der Waals surface area contributed by atoms with E-state index in [1.165, 1.54) is 0 Å². The van der Waals surface area contributed by atoms with Gasteiger partial charge in [-0.05, 0) is 43.2 Å². The lowest BCUT2D eigenvalue weighted by Gasteiger charge is -2.10. The van der Waals surface area contributed by atoms with Crippen LogP contribution in [0.15, 0.2) is 47.5 Å². The minimum atomic E-state index is -0.370. The van der Waals surface area contributed by atoms with Gasteiger partial charge in [0.05, 0.1) is 17.0 Å². The van der Waals surface area contributed by atoms with E-state index in [1.807, 2.05) is 24.3 Å². The number of rotatable bonds is 0. The van der Waals surface area contributed by atoms with Gasteiger partial charge in [-0.3, -0.25) is 14.3 Å². The molecule has 3 aromatic rings. The lowest BCUT2D eigenvalue weighted by atomic mass is 10.1. The summed E-state index contributed by atoms with van der Waals surface area (Å²) < 4.78 is 1.69. The quantitative estimate of drug-likeness (QED) is 0.639.